The molecule has 0 bridgehead atoms. The molecule has 0 saturated carbocycles. The highest BCUT2D eigenvalue weighted by atomic mass is 32.1. The molecule has 98 valence electrons. The molecule has 0 saturated heterocycles. The SMILES string of the molecule is CCCC[C@H](CO)Nc1nc(N)nc2sccc12. The van der Waals surface area contributed by atoms with E-state index >= 15 is 0 Å². The monoisotopic (exact) mass is 266 g/mol. The standard InChI is InChI=1S/C12H18N4OS/c1-2-3-4-8(7-17)14-10-9-5-6-18-11(9)16-12(13)15-10/h5-6,8,17H,2-4,7H2,1H3,(H3,13,14,15,16)/t8-/m1/s1. The van der Waals surface area contributed by atoms with Crippen LogP contribution < -0.4 is 11.1 Å². The van der Waals surface area contributed by atoms with Crippen LogP contribution in [0.2, 0.25) is 0 Å². The first-order valence-electron chi connectivity index (χ1n) is 6.12. The second-order valence-corrected chi connectivity index (χ2v) is 5.13. The first-order chi connectivity index (χ1) is 8.74. The largest absolute Gasteiger partial charge is 0.394 e. The minimum atomic E-state index is 0.0161. The smallest absolute Gasteiger partial charge is 0.223 e. The van der Waals surface area contributed by atoms with Crippen molar-refractivity contribution >= 4 is 33.3 Å². The van der Waals surface area contributed by atoms with Crippen LogP contribution in [0.5, 0.6) is 0 Å². The molecule has 2 rings (SSSR count). The molecule has 2 heterocycles. The molecule has 0 amide bonds. The maximum Gasteiger partial charge on any atom is 0.223 e. The highest BCUT2D eigenvalue weighted by molar-refractivity contribution is 7.16. The van der Waals surface area contributed by atoms with E-state index in [1.54, 1.807) is 0 Å². The molecule has 4 N–H and O–H groups in total. The fraction of sp³-hybridized carbons (Fsp3) is 0.500. The van der Waals surface area contributed by atoms with Crippen molar-refractivity contribution < 1.29 is 5.11 Å². The van der Waals surface area contributed by atoms with Crippen molar-refractivity contribution in [2.75, 3.05) is 17.7 Å². The minimum absolute atomic E-state index is 0.0161. The zero-order valence-corrected chi connectivity index (χ0v) is 11.2. The molecule has 0 spiro atoms. The highest BCUT2D eigenvalue weighted by Crippen LogP contribution is 2.26. The Bertz CT molecular complexity index is 514. The fourth-order valence-corrected chi connectivity index (χ4v) is 2.61. The van der Waals surface area contributed by atoms with Crippen molar-refractivity contribution in [2.24, 2.45) is 0 Å². The number of aromatic nitrogens is 2. The Balaban J connectivity index is 2.21. The molecule has 1 atom stereocenters. The summed E-state index contributed by atoms with van der Waals surface area (Å²) in [5.74, 6) is 0.980. The van der Waals surface area contributed by atoms with E-state index in [1.165, 1.54) is 11.3 Å². The molecular weight excluding hydrogens is 248 g/mol. The molecular formula is C12H18N4OS. The van der Waals surface area contributed by atoms with Crippen molar-refractivity contribution in [3.8, 4) is 0 Å². The highest BCUT2D eigenvalue weighted by Gasteiger charge is 2.12. The van der Waals surface area contributed by atoms with Gasteiger partial charge in [0.2, 0.25) is 5.95 Å². The molecule has 18 heavy (non-hydrogen) atoms. The van der Waals surface area contributed by atoms with Crippen LogP contribution in [0.1, 0.15) is 26.2 Å². The summed E-state index contributed by atoms with van der Waals surface area (Å²) in [6.07, 6.45) is 3.10. The Labute approximate surface area is 110 Å². The van der Waals surface area contributed by atoms with Crippen LogP contribution >= 0.6 is 11.3 Å². The number of unbranched alkanes of at least 4 members (excludes halogenated alkanes) is 1. The van der Waals surface area contributed by atoms with Gasteiger partial charge in [-0.25, -0.2) is 4.98 Å². The number of nitrogens with two attached hydrogens (primary N) is 1. The van der Waals surface area contributed by atoms with Gasteiger partial charge in [-0.1, -0.05) is 19.8 Å². The zero-order chi connectivity index (χ0) is 13.0. The first-order valence-corrected chi connectivity index (χ1v) is 7.00. The molecule has 6 heteroatoms. The Kier molecular flexibility index (Phi) is 4.33. The number of aliphatic hydroxyl groups is 1. The Morgan fingerprint density at radius 3 is 3.06 bits per heavy atom. The van der Waals surface area contributed by atoms with Crippen molar-refractivity contribution in [3.05, 3.63) is 11.4 Å². The lowest BCUT2D eigenvalue weighted by Gasteiger charge is -2.17. The van der Waals surface area contributed by atoms with Crippen LogP contribution in [0.4, 0.5) is 11.8 Å². The summed E-state index contributed by atoms with van der Waals surface area (Å²) < 4.78 is 0. The molecule has 0 aliphatic heterocycles. The number of rotatable bonds is 6. The fourth-order valence-electron chi connectivity index (χ4n) is 1.83. The van der Waals surface area contributed by atoms with Gasteiger partial charge in [-0.05, 0) is 17.9 Å². The predicted octanol–water partition coefficient (Wildman–Crippen LogP) is 2.24. The second kappa shape index (κ2) is 5.97. The van der Waals surface area contributed by atoms with Crippen molar-refractivity contribution in [1.82, 2.24) is 9.97 Å². The maximum atomic E-state index is 9.37. The second-order valence-electron chi connectivity index (χ2n) is 4.24. The molecule has 5 nitrogen and oxygen atoms in total. The van der Waals surface area contributed by atoms with Crippen LogP contribution in [0.25, 0.3) is 10.2 Å². The summed E-state index contributed by atoms with van der Waals surface area (Å²) in [4.78, 5) is 9.27. The zero-order valence-electron chi connectivity index (χ0n) is 10.4. The van der Waals surface area contributed by atoms with Crippen LogP contribution in [-0.2, 0) is 0 Å². The molecule has 0 aromatic carbocycles. The van der Waals surface area contributed by atoms with Crippen LogP contribution in [-0.4, -0.2) is 27.7 Å². The Morgan fingerprint density at radius 1 is 1.50 bits per heavy atom. The van der Waals surface area contributed by atoms with Gasteiger partial charge in [-0.15, -0.1) is 11.3 Å². The molecule has 0 aliphatic carbocycles. The number of hydrogen-bond donors (Lipinski definition) is 3. The number of thiophene rings is 1. The maximum absolute atomic E-state index is 9.37. The average Bonchev–Trinajstić information content (AvgIpc) is 2.82. The molecule has 0 unspecified atom stereocenters. The third-order valence-electron chi connectivity index (χ3n) is 2.81. The van der Waals surface area contributed by atoms with E-state index in [1.807, 2.05) is 11.4 Å². The van der Waals surface area contributed by atoms with E-state index in [-0.39, 0.29) is 18.6 Å². The van der Waals surface area contributed by atoms with Gasteiger partial charge in [0.05, 0.1) is 18.0 Å². The lowest BCUT2D eigenvalue weighted by molar-refractivity contribution is 0.267. The third kappa shape index (κ3) is 2.88. The van der Waals surface area contributed by atoms with Gasteiger partial charge in [0.1, 0.15) is 10.6 Å². The minimum Gasteiger partial charge on any atom is -0.394 e. The van der Waals surface area contributed by atoms with Gasteiger partial charge in [0.15, 0.2) is 0 Å². The quantitative estimate of drug-likeness (QED) is 0.746. The van der Waals surface area contributed by atoms with Gasteiger partial charge in [0, 0.05) is 0 Å². The molecule has 0 fully saturated rings. The van der Waals surface area contributed by atoms with E-state index in [9.17, 15) is 5.11 Å². The topological polar surface area (TPSA) is 84.1 Å². The van der Waals surface area contributed by atoms with Crippen LogP contribution in [0.3, 0.4) is 0 Å². The number of nitrogens with zero attached hydrogens (tertiary/aromatic N) is 2. The van der Waals surface area contributed by atoms with Gasteiger partial charge in [-0.3, -0.25) is 0 Å². The van der Waals surface area contributed by atoms with Crippen LogP contribution in [0, 0.1) is 0 Å². The van der Waals surface area contributed by atoms with Crippen LogP contribution in [0.15, 0.2) is 11.4 Å². The molecule has 0 aliphatic rings. The van der Waals surface area contributed by atoms with E-state index in [4.69, 9.17) is 5.73 Å². The van der Waals surface area contributed by atoms with Crippen molar-refractivity contribution in [3.63, 3.8) is 0 Å². The number of aliphatic hydroxyl groups excluding tert-OH is 1. The number of hydrogen-bond acceptors (Lipinski definition) is 6. The Morgan fingerprint density at radius 2 is 2.33 bits per heavy atom. The van der Waals surface area contributed by atoms with Crippen molar-refractivity contribution in [2.45, 2.75) is 32.2 Å². The number of nitrogens with one attached hydrogen (secondary N) is 1. The normalized spacial score (nSPS) is 12.8. The van der Waals surface area contributed by atoms with E-state index in [2.05, 4.69) is 22.2 Å². The molecule has 2 aromatic rings. The van der Waals surface area contributed by atoms with Gasteiger partial charge < -0.3 is 16.2 Å². The van der Waals surface area contributed by atoms with Crippen molar-refractivity contribution in [1.29, 1.82) is 0 Å². The summed E-state index contributed by atoms with van der Waals surface area (Å²) in [6.45, 7) is 2.23. The lowest BCUT2D eigenvalue weighted by Crippen LogP contribution is -2.24. The molecule has 0 radical (unpaired) electrons. The summed E-state index contributed by atoms with van der Waals surface area (Å²) in [5.41, 5.74) is 5.68. The van der Waals surface area contributed by atoms with Gasteiger partial charge in [0.25, 0.3) is 0 Å². The summed E-state index contributed by atoms with van der Waals surface area (Å²) in [5, 5.41) is 15.6. The van der Waals surface area contributed by atoms with E-state index < -0.39 is 0 Å². The van der Waals surface area contributed by atoms with Gasteiger partial charge >= 0.3 is 0 Å². The van der Waals surface area contributed by atoms with Gasteiger partial charge in [-0.2, -0.15) is 4.98 Å². The lowest BCUT2D eigenvalue weighted by atomic mass is 10.1. The number of fused-ring (bicyclic) bond motifs is 1. The first kappa shape index (κ1) is 13.0. The summed E-state index contributed by atoms with van der Waals surface area (Å²) in [7, 11) is 0. The van der Waals surface area contributed by atoms with E-state index in [0.29, 0.717) is 5.82 Å². The number of anilines is 2. The van der Waals surface area contributed by atoms with E-state index in [0.717, 1.165) is 29.5 Å². The summed E-state index contributed by atoms with van der Waals surface area (Å²) >= 11 is 1.53. The average molecular weight is 266 g/mol. The Hall–Kier alpha value is -1.40. The summed E-state index contributed by atoms with van der Waals surface area (Å²) in [6, 6.07) is 1.98. The third-order valence-corrected chi connectivity index (χ3v) is 3.62. The predicted molar refractivity (Wildman–Crippen MR) is 75.8 cm³/mol. The number of nitrogen functional groups attached to an aromatic ring is 1. The molecule has 2 aromatic heterocycles.